The van der Waals surface area contributed by atoms with Gasteiger partial charge < -0.3 is 4.74 Å². The summed E-state index contributed by atoms with van der Waals surface area (Å²) in [6, 6.07) is 0. The van der Waals surface area contributed by atoms with Gasteiger partial charge in [-0.1, -0.05) is 13.8 Å². The van der Waals surface area contributed by atoms with E-state index in [1.165, 1.54) is 7.11 Å². The third-order valence-corrected chi connectivity index (χ3v) is 4.22. The lowest BCUT2D eigenvalue weighted by molar-refractivity contribution is -0.153. The Morgan fingerprint density at radius 2 is 2.00 bits per heavy atom. The number of carbonyl (C=O) groups is 2. The van der Waals surface area contributed by atoms with Crippen LogP contribution >= 0.6 is 0 Å². The molecule has 1 atom stereocenters. The Labute approximate surface area is 102 Å². The normalized spacial score (nSPS) is 31.5. The highest BCUT2D eigenvalue weighted by Gasteiger charge is 2.49. The zero-order valence-electron chi connectivity index (χ0n) is 10.8. The number of carbonyl (C=O) groups excluding carboxylic acids is 2. The molecule has 94 valence electrons. The highest BCUT2D eigenvalue weighted by Crippen LogP contribution is 2.53. The molecule has 2 aliphatic rings. The first-order chi connectivity index (χ1) is 7.89. The molecule has 1 saturated carbocycles. The maximum Gasteiger partial charge on any atom is 0.315 e. The smallest absolute Gasteiger partial charge is 0.315 e. The van der Waals surface area contributed by atoms with E-state index in [0.717, 1.165) is 24.8 Å². The summed E-state index contributed by atoms with van der Waals surface area (Å²) < 4.78 is 4.96. The molecule has 0 bridgehead atoms. The fourth-order valence-electron chi connectivity index (χ4n) is 3.09. The largest absolute Gasteiger partial charge is 0.468 e. The van der Waals surface area contributed by atoms with Gasteiger partial charge in [0, 0.05) is 6.42 Å². The average molecular weight is 236 g/mol. The number of fused-ring (bicyclic) bond motifs is 1. The molecule has 0 aromatic heterocycles. The third-order valence-electron chi connectivity index (χ3n) is 4.22. The van der Waals surface area contributed by atoms with E-state index in [2.05, 4.69) is 13.8 Å². The van der Waals surface area contributed by atoms with Gasteiger partial charge in [-0.15, -0.1) is 0 Å². The number of rotatable bonds is 1. The van der Waals surface area contributed by atoms with Crippen molar-refractivity contribution in [1.29, 1.82) is 0 Å². The second-order valence-corrected chi connectivity index (χ2v) is 6.05. The fraction of sp³-hybridized carbons (Fsp3) is 0.714. The van der Waals surface area contributed by atoms with Crippen LogP contribution in [0.2, 0.25) is 0 Å². The molecule has 0 heterocycles. The van der Waals surface area contributed by atoms with E-state index in [1.54, 1.807) is 6.08 Å². The molecule has 1 unspecified atom stereocenters. The Bertz CT molecular complexity index is 392. The number of hydrogen-bond acceptors (Lipinski definition) is 3. The molecule has 0 saturated heterocycles. The first-order valence-electron chi connectivity index (χ1n) is 6.22. The Balaban J connectivity index is 2.40. The van der Waals surface area contributed by atoms with Crippen LogP contribution in [0.25, 0.3) is 0 Å². The molecule has 3 heteroatoms. The van der Waals surface area contributed by atoms with Gasteiger partial charge >= 0.3 is 5.97 Å². The number of ketones is 1. The molecule has 0 aromatic carbocycles. The van der Waals surface area contributed by atoms with E-state index < -0.39 is 5.41 Å². The number of allylic oxidation sites excluding steroid dienone is 1. The Hall–Kier alpha value is -1.12. The van der Waals surface area contributed by atoms with Gasteiger partial charge in [-0.05, 0) is 42.7 Å². The first kappa shape index (κ1) is 12.3. The topological polar surface area (TPSA) is 43.4 Å². The molecule has 0 aliphatic heterocycles. The molecule has 17 heavy (non-hydrogen) atoms. The molecule has 0 N–H and O–H groups in total. The second kappa shape index (κ2) is 3.97. The van der Waals surface area contributed by atoms with Gasteiger partial charge in [0.15, 0.2) is 5.78 Å². The van der Waals surface area contributed by atoms with Crippen molar-refractivity contribution < 1.29 is 14.3 Å². The minimum absolute atomic E-state index is 0.150. The molecule has 3 nitrogen and oxygen atoms in total. The van der Waals surface area contributed by atoms with E-state index in [0.29, 0.717) is 12.8 Å². The molecule has 2 rings (SSSR count). The molecule has 1 fully saturated rings. The molecular weight excluding hydrogens is 216 g/mol. The maximum atomic E-state index is 12.1. The zero-order valence-corrected chi connectivity index (χ0v) is 10.8. The van der Waals surface area contributed by atoms with Gasteiger partial charge in [-0.2, -0.15) is 0 Å². The summed E-state index contributed by atoms with van der Waals surface area (Å²) in [5, 5.41) is 0. The van der Waals surface area contributed by atoms with Crippen LogP contribution < -0.4 is 0 Å². The lowest BCUT2D eigenvalue weighted by Crippen LogP contribution is -2.43. The van der Waals surface area contributed by atoms with Crippen molar-refractivity contribution in [1.82, 2.24) is 0 Å². The van der Waals surface area contributed by atoms with Crippen LogP contribution in [0.1, 0.15) is 46.0 Å². The van der Waals surface area contributed by atoms with Crippen molar-refractivity contribution in [2.75, 3.05) is 7.11 Å². The van der Waals surface area contributed by atoms with Crippen LogP contribution in [0.15, 0.2) is 11.6 Å². The average Bonchev–Trinajstić information content (AvgIpc) is 2.27. The van der Waals surface area contributed by atoms with Gasteiger partial charge in [-0.3, -0.25) is 9.59 Å². The summed E-state index contributed by atoms with van der Waals surface area (Å²) >= 11 is 0. The van der Waals surface area contributed by atoms with Crippen molar-refractivity contribution in [2.45, 2.75) is 46.0 Å². The highest BCUT2D eigenvalue weighted by atomic mass is 16.5. The maximum absolute atomic E-state index is 12.1. The van der Waals surface area contributed by atoms with Gasteiger partial charge in [0.2, 0.25) is 0 Å². The molecule has 0 radical (unpaired) electrons. The monoisotopic (exact) mass is 236 g/mol. The molecular formula is C14H20O3. The van der Waals surface area contributed by atoms with Gasteiger partial charge in [0.25, 0.3) is 0 Å². The summed E-state index contributed by atoms with van der Waals surface area (Å²) in [5.74, 6) is -0.0102. The van der Waals surface area contributed by atoms with Gasteiger partial charge in [0.05, 0.1) is 12.5 Å². The van der Waals surface area contributed by atoms with Crippen LogP contribution in [0.4, 0.5) is 0 Å². The predicted octanol–water partition coefficient (Wildman–Crippen LogP) is 2.65. The van der Waals surface area contributed by atoms with E-state index in [-0.39, 0.29) is 17.2 Å². The molecule has 0 amide bonds. The van der Waals surface area contributed by atoms with Crippen molar-refractivity contribution >= 4 is 11.8 Å². The predicted molar refractivity (Wildman–Crippen MR) is 64.4 cm³/mol. The minimum atomic E-state index is -0.502. The van der Waals surface area contributed by atoms with E-state index >= 15 is 0 Å². The molecule has 0 spiro atoms. The van der Waals surface area contributed by atoms with Crippen LogP contribution in [0, 0.1) is 10.8 Å². The summed E-state index contributed by atoms with van der Waals surface area (Å²) in [5.41, 5.74) is 0.677. The quantitative estimate of drug-likeness (QED) is 0.657. The Kier molecular flexibility index (Phi) is 2.88. The van der Waals surface area contributed by atoms with Gasteiger partial charge in [0.1, 0.15) is 0 Å². The van der Waals surface area contributed by atoms with Gasteiger partial charge in [-0.25, -0.2) is 0 Å². The minimum Gasteiger partial charge on any atom is -0.468 e. The van der Waals surface area contributed by atoms with E-state index in [4.69, 9.17) is 4.74 Å². The third kappa shape index (κ3) is 2.03. The van der Waals surface area contributed by atoms with Crippen molar-refractivity contribution in [2.24, 2.45) is 10.8 Å². The number of ether oxygens (including phenoxy) is 1. The summed E-state index contributed by atoms with van der Waals surface area (Å²) in [6.07, 6.45) is 5.44. The van der Waals surface area contributed by atoms with E-state index in [9.17, 15) is 9.59 Å². The number of hydrogen-bond donors (Lipinski definition) is 0. The SMILES string of the molecule is COC(=O)C12CCC(=O)C=C1CC(C)(C)CC2. The van der Waals surface area contributed by atoms with Crippen molar-refractivity contribution in [3.05, 3.63) is 11.6 Å². The van der Waals surface area contributed by atoms with Crippen LogP contribution in [-0.2, 0) is 14.3 Å². The lowest BCUT2D eigenvalue weighted by Gasteiger charge is -2.45. The molecule has 0 aromatic rings. The van der Waals surface area contributed by atoms with Crippen LogP contribution in [0.3, 0.4) is 0 Å². The highest BCUT2D eigenvalue weighted by molar-refractivity contribution is 5.95. The van der Waals surface area contributed by atoms with E-state index in [1.807, 2.05) is 0 Å². The second-order valence-electron chi connectivity index (χ2n) is 6.05. The Morgan fingerprint density at radius 1 is 1.29 bits per heavy atom. The molecule has 2 aliphatic carbocycles. The number of esters is 1. The number of methoxy groups -OCH3 is 1. The fourth-order valence-corrected chi connectivity index (χ4v) is 3.09. The van der Waals surface area contributed by atoms with Crippen molar-refractivity contribution in [3.63, 3.8) is 0 Å². The van der Waals surface area contributed by atoms with Crippen LogP contribution in [-0.4, -0.2) is 18.9 Å². The van der Waals surface area contributed by atoms with Crippen LogP contribution in [0.5, 0.6) is 0 Å². The Morgan fingerprint density at radius 3 is 2.65 bits per heavy atom. The standard InChI is InChI=1S/C14H20O3/c1-13(2)6-7-14(12(16)17-3)5-4-11(15)8-10(14)9-13/h8H,4-7,9H2,1-3H3. The van der Waals surface area contributed by atoms with Crippen molar-refractivity contribution in [3.8, 4) is 0 Å². The lowest BCUT2D eigenvalue weighted by atomic mass is 9.58. The summed E-state index contributed by atoms with van der Waals surface area (Å²) in [7, 11) is 1.44. The summed E-state index contributed by atoms with van der Waals surface area (Å²) in [4.78, 5) is 23.6. The zero-order chi connectivity index (χ0) is 12.7. The first-order valence-corrected chi connectivity index (χ1v) is 6.22. The summed E-state index contributed by atoms with van der Waals surface area (Å²) in [6.45, 7) is 4.38.